The lowest BCUT2D eigenvalue weighted by Gasteiger charge is -2.35. The maximum Gasteiger partial charge on any atom is 0.421 e. The molecule has 0 radical (unpaired) electrons. The lowest BCUT2D eigenvalue weighted by molar-refractivity contribution is 0.103. The number of nitrogens with zero attached hydrogens (tertiary/aromatic N) is 4. The van der Waals surface area contributed by atoms with Crippen LogP contribution in [0, 0.1) is 0 Å². The van der Waals surface area contributed by atoms with E-state index in [0.717, 1.165) is 32.0 Å². The van der Waals surface area contributed by atoms with Gasteiger partial charge in [0, 0.05) is 43.5 Å². The highest BCUT2D eigenvalue weighted by atomic mass is 16.5. The second-order valence-corrected chi connectivity index (χ2v) is 7.97. The first-order valence-electron chi connectivity index (χ1n) is 10.8. The Balaban J connectivity index is 1.31. The highest BCUT2D eigenvalue weighted by Gasteiger charge is 2.21. The van der Waals surface area contributed by atoms with Crippen molar-refractivity contribution < 1.29 is 13.9 Å². The molecule has 0 unspecified atom stereocenters. The molecule has 33 heavy (non-hydrogen) atoms. The average Bonchev–Trinajstić information content (AvgIpc) is 3.18. The van der Waals surface area contributed by atoms with Crippen LogP contribution in [0.15, 0.2) is 76.1 Å². The molecular formula is C25H24N4O4. The van der Waals surface area contributed by atoms with Crippen molar-refractivity contribution in [3.8, 4) is 5.75 Å². The molecule has 0 amide bonds. The van der Waals surface area contributed by atoms with Crippen molar-refractivity contribution in [2.75, 3.05) is 38.2 Å². The van der Waals surface area contributed by atoms with Crippen LogP contribution in [0.1, 0.15) is 15.9 Å². The Morgan fingerprint density at radius 1 is 1.00 bits per heavy atom. The second kappa shape index (κ2) is 8.91. The summed E-state index contributed by atoms with van der Waals surface area (Å²) in [4.78, 5) is 34.3. The van der Waals surface area contributed by atoms with Gasteiger partial charge < -0.3 is 14.1 Å². The van der Waals surface area contributed by atoms with E-state index in [0.29, 0.717) is 34.6 Å². The summed E-state index contributed by atoms with van der Waals surface area (Å²) in [6.07, 6.45) is 1.80. The van der Waals surface area contributed by atoms with Crippen molar-refractivity contribution in [3.05, 3.63) is 88.5 Å². The number of carbonyl (C=O) groups excluding carboxylic acids is 1. The van der Waals surface area contributed by atoms with Gasteiger partial charge in [0.25, 0.3) is 0 Å². The first-order chi connectivity index (χ1) is 16.1. The SMILES string of the molecule is COc1ccc(C(=O)c2ccc3c(c2)oc(=O)n3CN2CCN(c3ccccn3)CC2)cc1. The third-order valence-corrected chi connectivity index (χ3v) is 5.97. The van der Waals surface area contributed by atoms with Crippen LogP contribution in [-0.2, 0) is 6.67 Å². The van der Waals surface area contributed by atoms with Gasteiger partial charge in [0.1, 0.15) is 11.6 Å². The van der Waals surface area contributed by atoms with Crippen LogP contribution in [0.5, 0.6) is 5.75 Å². The molecule has 0 aliphatic carbocycles. The maximum absolute atomic E-state index is 12.9. The van der Waals surface area contributed by atoms with Crippen LogP contribution in [0.4, 0.5) is 5.82 Å². The van der Waals surface area contributed by atoms with Crippen LogP contribution in [0.3, 0.4) is 0 Å². The Labute approximate surface area is 190 Å². The Morgan fingerprint density at radius 3 is 2.45 bits per heavy atom. The van der Waals surface area contributed by atoms with Crippen molar-refractivity contribution in [3.63, 3.8) is 0 Å². The van der Waals surface area contributed by atoms with Crippen molar-refractivity contribution in [1.82, 2.24) is 14.5 Å². The minimum atomic E-state index is -0.425. The molecule has 0 atom stereocenters. The zero-order valence-corrected chi connectivity index (χ0v) is 18.3. The maximum atomic E-state index is 12.9. The van der Waals surface area contributed by atoms with E-state index in [1.807, 2.05) is 18.2 Å². The van der Waals surface area contributed by atoms with E-state index >= 15 is 0 Å². The molecule has 0 bridgehead atoms. The molecule has 3 heterocycles. The van der Waals surface area contributed by atoms with Gasteiger partial charge in [-0.2, -0.15) is 0 Å². The standard InChI is InChI=1S/C25H24N4O4/c1-32-20-8-5-18(6-9-20)24(30)19-7-10-21-22(16-19)33-25(31)29(21)17-27-12-14-28(15-13-27)23-4-2-3-11-26-23/h2-11,16H,12-15,17H2,1H3. The molecule has 0 saturated carbocycles. The average molecular weight is 444 g/mol. The Hall–Kier alpha value is -3.91. The molecule has 1 fully saturated rings. The summed E-state index contributed by atoms with van der Waals surface area (Å²) < 4.78 is 12.2. The van der Waals surface area contributed by atoms with Gasteiger partial charge >= 0.3 is 5.76 Å². The summed E-state index contributed by atoms with van der Waals surface area (Å²) in [5, 5.41) is 0. The molecule has 1 aliphatic rings. The molecule has 4 aromatic rings. The highest BCUT2D eigenvalue weighted by Crippen LogP contribution is 2.20. The Bertz CT molecular complexity index is 1320. The van der Waals surface area contributed by atoms with Gasteiger partial charge in [-0.15, -0.1) is 0 Å². The molecule has 0 N–H and O–H groups in total. The van der Waals surface area contributed by atoms with Gasteiger partial charge in [-0.25, -0.2) is 9.78 Å². The van der Waals surface area contributed by atoms with E-state index in [-0.39, 0.29) is 5.78 Å². The largest absolute Gasteiger partial charge is 0.497 e. The van der Waals surface area contributed by atoms with E-state index in [9.17, 15) is 9.59 Å². The number of pyridine rings is 1. The monoisotopic (exact) mass is 444 g/mol. The number of aromatic nitrogens is 2. The number of rotatable bonds is 6. The number of methoxy groups -OCH3 is 1. The molecule has 0 spiro atoms. The van der Waals surface area contributed by atoms with Crippen LogP contribution in [0.25, 0.3) is 11.1 Å². The van der Waals surface area contributed by atoms with Crippen LogP contribution >= 0.6 is 0 Å². The zero-order valence-electron chi connectivity index (χ0n) is 18.3. The van der Waals surface area contributed by atoms with E-state index in [2.05, 4.69) is 14.8 Å². The fourth-order valence-electron chi connectivity index (χ4n) is 4.11. The second-order valence-electron chi connectivity index (χ2n) is 7.97. The molecule has 1 saturated heterocycles. The summed E-state index contributed by atoms with van der Waals surface area (Å²) in [6, 6.07) is 18.0. The van der Waals surface area contributed by atoms with E-state index < -0.39 is 5.76 Å². The van der Waals surface area contributed by atoms with Crippen molar-refractivity contribution >= 4 is 22.7 Å². The summed E-state index contributed by atoms with van der Waals surface area (Å²) in [6.45, 7) is 3.73. The normalized spacial score (nSPS) is 14.5. The summed E-state index contributed by atoms with van der Waals surface area (Å²) in [5.41, 5.74) is 2.10. The number of benzene rings is 2. The predicted octanol–water partition coefficient (Wildman–Crippen LogP) is 3.01. The topological polar surface area (TPSA) is 80.8 Å². The fourth-order valence-corrected chi connectivity index (χ4v) is 4.11. The van der Waals surface area contributed by atoms with Crippen LogP contribution in [0.2, 0.25) is 0 Å². The molecule has 2 aromatic heterocycles. The number of hydrogen-bond donors (Lipinski definition) is 0. The minimum absolute atomic E-state index is 0.138. The highest BCUT2D eigenvalue weighted by molar-refractivity contribution is 6.10. The van der Waals surface area contributed by atoms with E-state index in [1.54, 1.807) is 60.3 Å². The van der Waals surface area contributed by atoms with Crippen molar-refractivity contribution in [2.45, 2.75) is 6.67 Å². The summed E-state index contributed by atoms with van der Waals surface area (Å²) in [5.74, 6) is 1.09. The number of piperazine rings is 1. The minimum Gasteiger partial charge on any atom is -0.497 e. The number of anilines is 1. The van der Waals surface area contributed by atoms with Gasteiger partial charge in [-0.3, -0.25) is 14.3 Å². The number of ketones is 1. The summed E-state index contributed by atoms with van der Waals surface area (Å²) >= 11 is 0. The first-order valence-corrected chi connectivity index (χ1v) is 10.8. The molecule has 1 aliphatic heterocycles. The Morgan fingerprint density at radius 2 is 1.76 bits per heavy atom. The number of oxazole rings is 1. The molecule has 5 rings (SSSR count). The van der Waals surface area contributed by atoms with Gasteiger partial charge in [0.05, 0.1) is 19.3 Å². The third kappa shape index (κ3) is 4.25. The van der Waals surface area contributed by atoms with Gasteiger partial charge in [-0.05, 0) is 54.6 Å². The molecule has 8 nitrogen and oxygen atoms in total. The van der Waals surface area contributed by atoms with Crippen LogP contribution in [-0.4, -0.2) is 53.5 Å². The van der Waals surface area contributed by atoms with Gasteiger partial charge in [0.2, 0.25) is 0 Å². The Kier molecular flexibility index (Phi) is 5.66. The van der Waals surface area contributed by atoms with Crippen molar-refractivity contribution in [1.29, 1.82) is 0 Å². The third-order valence-electron chi connectivity index (χ3n) is 5.97. The smallest absolute Gasteiger partial charge is 0.421 e. The summed E-state index contributed by atoms with van der Waals surface area (Å²) in [7, 11) is 1.58. The number of fused-ring (bicyclic) bond motifs is 1. The predicted molar refractivity (Wildman–Crippen MR) is 125 cm³/mol. The molecule has 2 aromatic carbocycles. The van der Waals surface area contributed by atoms with Gasteiger partial charge in [0.15, 0.2) is 11.4 Å². The first kappa shape index (κ1) is 21.0. The van der Waals surface area contributed by atoms with Crippen molar-refractivity contribution in [2.24, 2.45) is 0 Å². The van der Waals surface area contributed by atoms with Crippen LogP contribution < -0.4 is 15.4 Å². The number of ether oxygens (including phenoxy) is 1. The molecule has 8 heteroatoms. The van der Waals surface area contributed by atoms with Gasteiger partial charge in [-0.1, -0.05) is 6.07 Å². The fraction of sp³-hybridized carbons (Fsp3) is 0.240. The lowest BCUT2D eigenvalue weighted by atomic mass is 10.0. The van der Waals surface area contributed by atoms with E-state index in [1.165, 1.54) is 0 Å². The molecule has 168 valence electrons. The number of hydrogen-bond acceptors (Lipinski definition) is 7. The zero-order chi connectivity index (χ0) is 22.8. The lowest BCUT2D eigenvalue weighted by Crippen LogP contribution is -2.47. The van der Waals surface area contributed by atoms with E-state index in [4.69, 9.17) is 9.15 Å². The number of carbonyl (C=O) groups is 1. The quantitative estimate of drug-likeness (QED) is 0.423. The molecular weight excluding hydrogens is 420 g/mol.